The molecule has 0 fully saturated rings. The molecule has 3 rings (SSSR count). The maximum absolute atomic E-state index is 13.1. The second kappa shape index (κ2) is 7.47. The van der Waals surface area contributed by atoms with Crippen molar-refractivity contribution in [2.24, 2.45) is 0 Å². The van der Waals surface area contributed by atoms with E-state index in [1.807, 2.05) is 0 Å². The van der Waals surface area contributed by atoms with Crippen LogP contribution in [0.2, 0.25) is 0 Å². The summed E-state index contributed by atoms with van der Waals surface area (Å²) in [5, 5.41) is 4.77. The van der Waals surface area contributed by atoms with Crippen molar-refractivity contribution in [3.05, 3.63) is 60.9 Å². The maximum Gasteiger partial charge on any atom is 0.314 e. The van der Waals surface area contributed by atoms with Crippen molar-refractivity contribution in [1.29, 1.82) is 0 Å². The number of hydrogen-bond acceptors (Lipinski definition) is 5. The number of carbonyl (C=O) groups excluding carboxylic acids is 2. The van der Waals surface area contributed by atoms with Crippen LogP contribution in [0.25, 0.3) is 11.3 Å². The van der Waals surface area contributed by atoms with E-state index >= 15 is 0 Å². The second-order valence-corrected chi connectivity index (χ2v) is 5.20. The average molecular weight is 355 g/mol. The first-order valence-electron chi connectivity index (χ1n) is 7.51. The Morgan fingerprint density at radius 1 is 1.08 bits per heavy atom. The summed E-state index contributed by atoms with van der Waals surface area (Å²) in [7, 11) is 1.47. The van der Waals surface area contributed by atoms with E-state index in [4.69, 9.17) is 9.15 Å². The molecule has 1 aromatic heterocycles. The minimum atomic E-state index is -0.922. The predicted octanol–water partition coefficient (Wildman–Crippen LogP) is 3.07. The highest BCUT2D eigenvalue weighted by Gasteiger charge is 2.16. The number of benzene rings is 2. The van der Waals surface area contributed by atoms with E-state index in [0.717, 1.165) is 6.07 Å². The molecule has 2 amide bonds. The molecule has 0 atom stereocenters. The first-order valence-corrected chi connectivity index (χ1v) is 7.51. The SMILES string of the molecule is COc1cc(NC(=O)C(=O)Nc2cccc(F)c2)ccc1-c1cnco1. The van der Waals surface area contributed by atoms with E-state index in [2.05, 4.69) is 15.6 Å². The summed E-state index contributed by atoms with van der Waals surface area (Å²) in [6, 6.07) is 10.1. The van der Waals surface area contributed by atoms with Crippen molar-refractivity contribution in [2.75, 3.05) is 17.7 Å². The van der Waals surface area contributed by atoms with Crippen LogP contribution < -0.4 is 15.4 Å². The molecule has 26 heavy (non-hydrogen) atoms. The van der Waals surface area contributed by atoms with Gasteiger partial charge in [0.05, 0.1) is 18.9 Å². The molecule has 0 saturated carbocycles. The Hall–Kier alpha value is -3.68. The molecule has 0 bridgehead atoms. The van der Waals surface area contributed by atoms with E-state index in [9.17, 15) is 14.0 Å². The first kappa shape index (κ1) is 17.2. The number of ether oxygens (including phenoxy) is 1. The summed E-state index contributed by atoms with van der Waals surface area (Å²) >= 11 is 0. The molecular formula is C18H14FN3O4. The molecule has 0 radical (unpaired) electrons. The van der Waals surface area contributed by atoms with Crippen molar-refractivity contribution in [2.45, 2.75) is 0 Å². The molecule has 0 saturated heterocycles. The predicted molar refractivity (Wildman–Crippen MR) is 92.2 cm³/mol. The van der Waals surface area contributed by atoms with Crippen LogP contribution in [-0.4, -0.2) is 23.9 Å². The largest absolute Gasteiger partial charge is 0.496 e. The molecule has 8 heteroatoms. The van der Waals surface area contributed by atoms with E-state index in [0.29, 0.717) is 22.8 Å². The average Bonchev–Trinajstić information content (AvgIpc) is 3.16. The third kappa shape index (κ3) is 3.86. The Kier molecular flexibility index (Phi) is 4.93. The Balaban J connectivity index is 1.72. The number of nitrogens with zero attached hydrogens (tertiary/aromatic N) is 1. The Labute approximate surface area is 147 Å². The van der Waals surface area contributed by atoms with E-state index in [1.165, 1.54) is 37.9 Å². The molecule has 3 aromatic rings. The number of carbonyl (C=O) groups is 2. The van der Waals surface area contributed by atoms with Crippen molar-refractivity contribution >= 4 is 23.2 Å². The third-order valence-corrected chi connectivity index (χ3v) is 3.45. The molecular weight excluding hydrogens is 341 g/mol. The highest BCUT2D eigenvalue weighted by molar-refractivity contribution is 6.43. The Morgan fingerprint density at radius 2 is 1.81 bits per heavy atom. The second-order valence-electron chi connectivity index (χ2n) is 5.20. The molecule has 0 aliphatic carbocycles. The number of rotatable bonds is 4. The van der Waals surface area contributed by atoms with Crippen molar-refractivity contribution in [1.82, 2.24) is 4.98 Å². The highest BCUT2D eigenvalue weighted by Crippen LogP contribution is 2.32. The van der Waals surface area contributed by atoms with Gasteiger partial charge in [-0.1, -0.05) is 6.07 Å². The van der Waals surface area contributed by atoms with Crippen molar-refractivity contribution in [3.63, 3.8) is 0 Å². The molecule has 2 N–H and O–H groups in total. The highest BCUT2D eigenvalue weighted by atomic mass is 19.1. The van der Waals surface area contributed by atoms with E-state index < -0.39 is 17.6 Å². The minimum Gasteiger partial charge on any atom is -0.496 e. The number of hydrogen-bond donors (Lipinski definition) is 2. The zero-order valence-electron chi connectivity index (χ0n) is 13.7. The van der Waals surface area contributed by atoms with Crippen molar-refractivity contribution in [3.8, 4) is 17.1 Å². The lowest BCUT2D eigenvalue weighted by Gasteiger charge is -2.10. The maximum atomic E-state index is 13.1. The smallest absolute Gasteiger partial charge is 0.314 e. The molecule has 0 spiro atoms. The lowest BCUT2D eigenvalue weighted by atomic mass is 10.1. The number of halogens is 1. The minimum absolute atomic E-state index is 0.184. The van der Waals surface area contributed by atoms with Gasteiger partial charge in [0.25, 0.3) is 0 Å². The van der Waals surface area contributed by atoms with Gasteiger partial charge in [0, 0.05) is 17.4 Å². The summed E-state index contributed by atoms with van der Waals surface area (Å²) in [4.78, 5) is 27.8. The molecule has 0 unspecified atom stereocenters. The van der Waals surface area contributed by atoms with Gasteiger partial charge in [-0.15, -0.1) is 0 Å². The van der Waals surface area contributed by atoms with E-state index in [1.54, 1.807) is 18.2 Å². The summed E-state index contributed by atoms with van der Waals surface area (Å²) in [6.07, 6.45) is 2.82. The third-order valence-electron chi connectivity index (χ3n) is 3.45. The lowest BCUT2D eigenvalue weighted by Crippen LogP contribution is -2.29. The number of oxazole rings is 1. The Bertz CT molecular complexity index is 941. The van der Waals surface area contributed by atoms with Crippen LogP contribution in [0.4, 0.5) is 15.8 Å². The van der Waals surface area contributed by atoms with E-state index in [-0.39, 0.29) is 5.69 Å². The zero-order valence-corrected chi connectivity index (χ0v) is 13.7. The van der Waals surface area contributed by atoms with Gasteiger partial charge in [-0.05, 0) is 30.3 Å². The fourth-order valence-electron chi connectivity index (χ4n) is 2.26. The van der Waals surface area contributed by atoms with Gasteiger partial charge in [0.15, 0.2) is 12.2 Å². The van der Waals surface area contributed by atoms with Gasteiger partial charge in [0.2, 0.25) is 0 Å². The molecule has 7 nitrogen and oxygen atoms in total. The van der Waals surface area contributed by atoms with Crippen molar-refractivity contribution < 1.29 is 23.1 Å². The number of methoxy groups -OCH3 is 1. The van der Waals surface area contributed by atoms with Gasteiger partial charge in [-0.25, -0.2) is 9.37 Å². The summed E-state index contributed by atoms with van der Waals surface area (Å²) in [6.45, 7) is 0. The summed E-state index contributed by atoms with van der Waals surface area (Å²) in [5.74, 6) is -1.40. The molecule has 2 aromatic carbocycles. The molecule has 0 aliphatic heterocycles. The van der Waals surface area contributed by atoms with Gasteiger partial charge >= 0.3 is 11.8 Å². The van der Waals surface area contributed by atoms with Crippen LogP contribution in [0.5, 0.6) is 5.75 Å². The first-order chi connectivity index (χ1) is 12.6. The Morgan fingerprint density at radius 3 is 2.42 bits per heavy atom. The number of aromatic nitrogens is 1. The topological polar surface area (TPSA) is 93.5 Å². The molecule has 1 heterocycles. The fraction of sp³-hybridized carbons (Fsp3) is 0.0556. The summed E-state index contributed by atoms with van der Waals surface area (Å²) < 4.78 is 23.6. The monoisotopic (exact) mass is 355 g/mol. The zero-order chi connectivity index (χ0) is 18.5. The van der Waals surface area contributed by atoms with Crippen LogP contribution in [-0.2, 0) is 9.59 Å². The number of amides is 2. The quantitative estimate of drug-likeness (QED) is 0.702. The van der Waals surface area contributed by atoms with Crippen LogP contribution in [0.3, 0.4) is 0 Å². The van der Waals surface area contributed by atoms with Crippen LogP contribution in [0.15, 0.2) is 59.5 Å². The van der Waals surface area contributed by atoms with Crippen LogP contribution >= 0.6 is 0 Å². The van der Waals surface area contributed by atoms with Gasteiger partial charge in [0.1, 0.15) is 11.6 Å². The van der Waals surface area contributed by atoms with Crippen LogP contribution in [0.1, 0.15) is 0 Å². The fourth-order valence-corrected chi connectivity index (χ4v) is 2.26. The number of anilines is 2. The molecule has 132 valence electrons. The molecule has 0 aliphatic rings. The number of nitrogens with one attached hydrogen (secondary N) is 2. The van der Waals surface area contributed by atoms with Gasteiger partial charge in [-0.3, -0.25) is 9.59 Å². The standard InChI is InChI=1S/C18H14FN3O4/c1-25-15-8-13(5-6-14(15)16-9-20-10-26-16)22-18(24)17(23)21-12-4-2-3-11(19)7-12/h2-10H,1H3,(H,21,23)(H,22,24). The van der Waals surface area contributed by atoms with Gasteiger partial charge in [-0.2, -0.15) is 0 Å². The normalized spacial score (nSPS) is 10.2. The van der Waals surface area contributed by atoms with Crippen LogP contribution in [0, 0.1) is 5.82 Å². The lowest BCUT2D eigenvalue weighted by molar-refractivity contribution is -0.133. The van der Waals surface area contributed by atoms with Gasteiger partial charge < -0.3 is 19.8 Å². The summed E-state index contributed by atoms with van der Waals surface area (Å²) in [5.41, 5.74) is 1.18.